The third kappa shape index (κ3) is 4.94. The topological polar surface area (TPSA) is 30.5 Å². The maximum atomic E-state index is 5.45. The van der Waals surface area contributed by atoms with Crippen molar-refractivity contribution in [3.63, 3.8) is 0 Å². The third-order valence-electron chi connectivity index (χ3n) is 2.49. The van der Waals surface area contributed by atoms with E-state index in [0.717, 1.165) is 19.6 Å². The van der Waals surface area contributed by atoms with E-state index in [0.29, 0.717) is 6.61 Å². The van der Waals surface area contributed by atoms with Gasteiger partial charge in [-0.25, -0.2) is 0 Å². The summed E-state index contributed by atoms with van der Waals surface area (Å²) < 4.78 is 10.9. The Morgan fingerprint density at radius 2 is 1.93 bits per heavy atom. The molecular formula is C11H25NO2. The van der Waals surface area contributed by atoms with Gasteiger partial charge in [0.15, 0.2) is 0 Å². The highest BCUT2D eigenvalue weighted by molar-refractivity contribution is 4.85. The minimum atomic E-state index is -0.176. The zero-order chi connectivity index (χ0) is 11.0. The van der Waals surface area contributed by atoms with Crippen molar-refractivity contribution in [2.75, 3.05) is 26.9 Å². The molecule has 0 saturated heterocycles. The summed E-state index contributed by atoms with van der Waals surface area (Å²) >= 11 is 0. The molecule has 0 aliphatic rings. The van der Waals surface area contributed by atoms with E-state index in [-0.39, 0.29) is 11.6 Å². The van der Waals surface area contributed by atoms with E-state index in [9.17, 15) is 0 Å². The van der Waals surface area contributed by atoms with Crippen LogP contribution >= 0.6 is 0 Å². The van der Waals surface area contributed by atoms with E-state index >= 15 is 0 Å². The minimum Gasteiger partial charge on any atom is -0.380 e. The lowest BCUT2D eigenvalue weighted by atomic mass is 9.99. The quantitative estimate of drug-likeness (QED) is 0.652. The monoisotopic (exact) mass is 203 g/mol. The summed E-state index contributed by atoms with van der Waals surface area (Å²) in [5.41, 5.74) is -0.176. The summed E-state index contributed by atoms with van der Waals surface area (Å²) in [6, 6.07) is 0.257. The van der Waals surface area contributed by atoms with Crippen molar-refractivity contribution in [2.24, 2.45) is 0 Å². The van der Waals surface area contributed by atoms with E-state index in [2.05, 4.69) is 26.1 Å². The van der Waals surface area contributed by atoms with Crippen LogP contribution in [0, 0.1) is 0 Å². The molecule has 3 nitrogen and oxygen atoms in total. The highest BCUT2D eigenvalue weighted by atomic mass is 16.5. The molecule has 0 aromatic carbocycles. The molecule has 1 N–H and O–H groups in total. The second kappa shape index (κ2) is 7.21. The van der Waals surface area contributed by atoms with Crippen molar-refractivity contribution in [3.8, 4) is 0 Å². The van der Waals surface area contributed by atoms with Crippen LogP contribution in [-0.2, 0) is 9.47 Å². The van der Waals surface area contributed by atoms with Gasteiger partial charge in [0.05, 0.1) is 18.2 Å². The molecule has 1 unspecified atom stereocenters. The zero-order valence-electron chi connectivity index (χ0n) is 10.2. The normalized spacial score (nSPS) is 14.4. The van der Waals surface area contributed by atoms with E-state index in [1.165, 1.54) is 0 Å². The van der Waals surface area contributed by atoms with Gasteiger partial charge in [-0.2, -0.15) is 0 Å². The fraction of sp³-hybridized carbons (Fsp3) is 1.00. The minimum absolute atomic E-state index is 0.176. The fourth-order valence-corrected chi connectivity index (χ4v) is 1.20. The smallest absolute Gasteiger partial charge is 0.0797 e. The van der Waals surface area contributed by atoms with Crippen LogP contribution in [0.1, 0.15) is 34.1 Å². The second-order valence-corrected chi connectivity index (χ2v) is 3.97. The molecule has 0 rings (SSSR count). The molecule has 0 radical (unpaired) electrons. The van der Waals surface area contributed by atoms with Gasteiger partial charge in [0.2, 0.25) is 0 Å². The SMILES string of the molecule is CCCNC(COCC)C(C)(C)OC. The maximum Gasteiger partial charge on any atom is 0.0797 e. The Bertz CT molecular complexity index is 129. The van der Waals surface area contributed by atoms with Gasteiger partial charge in [0.25, 0.3) is 0 Å². The van der Waals surface area contributed by atoms with Crippen LogP contribution in [0.5, 0.6) is 0 Å². The lowest BCUT2D eigenvalue weighted by molar-refractivity contribution is -0.0371. The van der Waals surface area contributed by atoms with Gasteiger partial charge in [0.1, 0.15) is 0 Å². The third-order valence-corrected chi connectivity index (χ3v) is 2.49. The fourth-order valence-electron chi connectivity index (χ4n) is 1.20. The zero-order valence-corrected chi connectivity index (χ0v) is 10.2. The van der Waals surface area contributed by atoms with E-state index in [1.807, 2.05) is 6.92 Å². The van der Waals surface area contributed by atoms with E-state index < -0.39 is 0 Å². The van der Waals surface area contributed by atoms with Gasteiger partial charge in [-0.1, -0.05) is 6.92 Å². The summed E-state index contributed by atoms with van der Waals surface area (Å²) in [5.74, 6) is 0. The molecule has 0 fully saturated rings. The Labute approximate surface area is 88.2 Å². The molecule has 86 valence electrons. The molecule has 0 aliphatic heterocycles. The Balaban J connectivity index is 4.08. The van der Waals surface area contributed by atoms with Crippen LogP contribution in [0.4, 0.5) is 0 Å². The molecule has 14 heavy (non-hydrogen) atoms. The standard InChI is InChI=1S/C11H25NO2/c1-6-8-12-10(9-14-7-2)11(3,4)13-5/h10,12H,6-9H2,1-5H3. The number of ether oxygens (including phenoxy) is 2. The van der Waals surface area contributed by atoms with E-state index in [4.69, 9.17) is 9.47 Å². The van der Waals surface area contributed by atoms with Crippen LogP contribution in [0.15, 0.2) is 0 Å². The lowest BCUT2D eigenvalue weighted by Gasteiger charge is -2.33. The first kappa shape index (κ1) is 13.9. The number of methoxy groups -OCH3 is 1. The van der Waals surface area contributed by atoms with Gasteiger partial charge in [0, 0.05) is 13.7 Å². The van der Waals surface area contributed by atoms with Crippen LogP contribution in [0.25, 0.3) is 0 Å². The average molecular weight is 203 g/mol. The Kier molecular flexibility index (Phi) is 7.15. The van der Waals surface area contributed by atoms with Crippen LogP contribution in [0.3, 0.4) is 0 Å². The molecule has 0 bridgehead atoms. The van der Waals surface area contributed by atoms with Crippen molar-refractivity contribution >= 4 is 0 Å². The van der Waals surface area contributed by atoms with Crippen molar-refractivity contribution < 1.29 is 9.47 Å². The molecule has 0 heterocycles. The summed E-state index contributed by atoms with van der Waals surface area (Å²) in [5, 5.41) is 3.45. The van der Waals surface area contributed by atoms with Crippen LogP contribution in [0.2, 0.25) is 0 Å². The summed E-state index contributed by atoms with van der Waals surface area (Å²) in [4.78, 5) is 0. The van der Waals surface area contributed by atoms with Gasteiger partial charge in [-0.3, -0.25) is 0 Å². The number of nitrogens with one attached hydrogen (secondary N) is 1. The van der Waals surface area contributed by atoms with Gasteiger partial charge < -0.3 is 14.8 Å². The number of hydrogen-bond donors (Lipinski definition) is 1. The molecule has 0 aromatic rings. The molecule has 0 aliphatic carbocycles. The molecule has 3 heteroatoms. The largest absolute Gasteiger partial charge is 0.380 e. The Hall–Kier alpha value is -0.120. The average Bonchev–Trinajstić information content (AvgIpc) is 2.17. The highest BCUT2D eigenvalue weighted by Gasteiger charge is 2.28. The summed E-state index contributed by atoms with van der Waals surface area (Å²) in [7, 11) is 1.74. The molecule has 1 atom stereocenters. The first-order valence-corrected chi connectivity index (χ1v) is 5.44. The van der Waals surface area contributed by atoms with Crippen LogP contribution < -0.4 is 5.32 Å². The Morgan fingerprint density at radius 3 is 2.36 bits per heavy atom. The van der Waals surface area contributed by atoms with Gasteiger partial charge in [-0.15, -0.1) is 0 Å². The molecule has 0 saturated carbocycles. The van der Waals surface area contributed by atoms with Crippen molar-refractivity contribution in [3.05, 3.63) is 0 Å². The molecule has 0 aromatic heterocycles. The van der Waals surface area contributed by atoms with Crippen molar-refractivity contribution in [1.29, 1.82) is 0 Å². The highest BCUT2D eigenvalue weighted by Crippen LogP contribution is 2.14. The predicted octanol–water partition coefficient (Wildman–Crippen LogP) is 1.82. The van der Waals surface area contributed by atoms with Crippen molar-refractivity contribution in [1.82, 2.24) is 5.32 Å². The molecular weight excluding hydrogens is 178 g/mol. The van der Waals surface area contributed by atoms with Crippen molar-refractivity contribution in [2.45, 2.75) is 45.8 Å². The first-order valence-electron chi connectivity index (χ1n) is 5.44. The van der Waals surface area contributed by atoms with Crippen LogP contribution in [-0.4, -0.2) is 38.5 Å². The summed E-state index contributed by atoms with van der Waals surface area (Å²) in [6.45, 7) is 10.8. The number of rotatable bonds is 8. The summed E-state index contributed by atoms with van der Waals surface area (Å²) in [6.07, 6.45) is 1.13. The Morgan fingerprint density at radius 1 is 1.29 bits per heavy atom. The predicted molar refractivity (Wildman–Crippen MR) is 59.7 cm³/mol. The molecule has 0 spiro atoms. The lowest BCUT2D eigenvalue weighted by Crippen LogP contribution is -2.51. The van der Waals surface area contributed by atoms with Gasteiger partial charge in [-0.05, 0) is 33.7 Å². The maximum absolute atomic E-state index is 5.45. The van der Waals surface area contributed by atoms with Gasteiger partial charge >= 0.3 is 0 Å². The molecule has 0 amide bonds. The second-order valence-electron chi connectivity index (χ2n) is 3.97. The van der Waals surface area contributed by atoms with E-state index in [1.54, 1.807) is 7.11 Å². The number of hydrogen-bond acceptors (Lipinski definition) is 3. The first-order chi connectivity index (χ1) is 6.58.